The summed E-state index contributed by atoms with van der Waals surface area (Å²) < 4.78 is 33.5. The van der Waals surface area contributed by atoms with E-state index in [1.807, 2.05) is 32.0 Å². The number of aryl methyl sites for hydroxylation is 2. The number of carbonyl (C=O) groups excluding carboxylic acids is 1. The molecule has 1 aromatic carbocycles. The summed E-state index contributed by atoms with van der Waals surface area (Å²) in [4.78, 5) is 18.2. The van der Waals surface area contributed by atoms with Crippen LogP contribution in [0.25, 0.3) is 11.4 Å². The fraction of sp³-hybridized carbons (Fsp3) is 0.316. The maximum Gasteiger partial charge on any atom is 0.316 e. The van der Waals surface area contributed by atoms with Gasteiger partial charge in [0, 0.05) is 24.0 Å². The number of nitrogens with one attached hydrogen (secondary N) is 1. The first kappa shape index (κ1) is 19.6. The van der Waals surface area contributed by atoms with Gasteiger partial charge in [-0.3, -0.25) is 9.52 Å². The number of hydrogen-bond donors (Lipinski definition) is 1. The van der Waals surface area contributed by atoms with Gasteiger partial charge in [0.25, 0.3) is 10.0 Å². The molecule has 10 heteroatoms. The van der Waals surface area contributed by atoms with Crippen LogP contribution in [-0.4, -0.2) is 42.5 Å². The van der Waals surface area contributed by atoms with Crippen molar-refractivity contribution in [2.75, 3.05) is 17.8 Å². The number of nitrogens with zero attached hydrogens (tertiary/aromatic N) is 3. The Hall–Kier alpha value is -2.72. The molecule has 0 bridgehead atoms. The standard InChI is InChI=1S/C19H20N4O4S2/c1-12-6-5-7-13(2)16(12)22-29(25,26)15-10-14(11-28-15)17-20-18(27-21-17)19(24)23-8-3-4-9-23/h5-7,10-11,22H,3-4,8-9H2,1-2H3. The number of para-hydroxylation sites is 1. The second-order valence-electron chi connectivity index (χ2n) is 6.95. The van der Waals surface area contributed by atoms with Crippen molar-refractivity contribution >= 4 is 33.0 Å². The van der Waals surface area contributed by atoms with E-state index in [-0.39, 0.29) is 21.8 Å². The molecule has 1 fully saturated rings. The van der Waals surface area contributed by atoms with Gasteiger partial charge in [-0.25, -0.2) is 8.42 Å². The normalized spacial score (nSPS) is 14.3. The van der Waals surface area contributed by atoms with Gasteiger partial charge in [-0.15, -0.1) is 11.3 Å². The van der Waals surface area contributed by atoms with E-state index in [0.717, 1.165) is 35.3 Å². The number of benzene rings is 1. The Balaban J connectivity index is 1.56. The predicted molar refractivity (Wildman–Crippen MR) is 109 cm³/mol. The number of carbonyl (C=O) groups is 1. The molecule has 0 saturated carbocycles. The zero-order valence-corrected chi connectivity index (χ0v) is 17.6. The first-order valence-corrected chi connectivity index (χ1v) is 11.5. The predicted octanol–water partition coefficient (Wildman–Crippen LogP) is 3.45. The Morgan fingerprint density at radius 3 is 2.59 bits per heavy atom. The Morgan fingerprint density at radius 1 is 1.21 bits per heavy atom. The van der Waals surface area contributed by atoms with Crippen molar-refractivity contribution in [1.82, 2.24) is 15.0 Å². The summed E-state index contributed by atoms with van der Waals surface area (Å²) in [6.07, 6.45) is 1.93. The minimum atomic E-state index is -3.76. The van der Waals surface area contributed by atoms with Crippen LogP contribution in [0.4, 0.5) is 5.69 Å². The summed E-state index contributed by atoms with van der Waals surface area (Å²) in [6, 6.07) is 7.06. The third-order valence-corrected chi connectivity index (χ3v) is 7.61. The lowest BCUT2D eigenvalue weighted by atomic mass is 10.1. The molecule has 1 amide bonds. The number of amides is 1. The minimum Gasteiger partial charge on any atom is -0.334 e. The van der Waals surface area contributed by atoms with E-state index in [1.54, 1.807) is 10.3 Å². The van der Waals surface area contributed by atoms with E-state index in [9.17, 15) is 13.2 Å². The van der Waals surface area contributed by atoms with Gasteiger partial charge in [0.1, 0.15) is 4.21 Å². The van der Waals surface area contributed by atoms with Crippen LogP contribution in [0.3, 0.4) is 0 Å². The summed E-state index contributed by atoms with van der Waals surface area (Å²) in [5, 5.41) is 5.48. The van der Waals surface area contributed by atoms with Crippen LogP contribution in [0.15, 0.2) is 38.4 Å². The largest absolute Gasteiger partial charge is 0.334 e. The van der Waals surface area contributed by atoms with Gasteiger partial charge in [-0.2, -0.15) is 4.98 Å². The van der Waals surface area contributed by atoms with Crippen molar-refractivity contribution in [3.63, 3.8) is 0 Å². The second kappa shape index (κ2) is 7.60. The third kappa shape index (κ3) is 3.90. The second-order valence-corrected chi connectivity index (χ2v) is 9.77. The van der Waals surface area contributed by atoms with Gasteiger partial charge in [0.2, 0.25) is 5.82 Å². The molecule has 29 heavy (non-hydrogen) atoms. The molecule has 1 N–H and O–H groups in total. The average molecular weight is 433 g/mol. The van der Waals surface area contributed by atoms with Crippen molar-refractivity contribution in [1.29, 1.82) is 0 Å². The van der Waals surface area contributed by atoms with Crippen LogP contribution in [0.2, 0.25) is 0 Å². The number of thiophene rings is 1. The zero-order valence-electron chi connectivity index (χ0n) is 16.0. The Bertz CT molecular complexity index is 1140. The van der Waals surface area contributed by atoms with Crippen molar-refractivity contribution in [3.05, 3.63) is 46.7 Å². The molecule has 3 aromatic rings. The van der Waals surface area contributed by atoms with E-state index in [1.165, 1.54) is 6.07 Å². The van der Waals surface area contributed by atoms with E-state index in [4.69, 9.17) is 4.52 Å². The molecule has 1 aliphatic rings. The Labute approximate surface area is 172 Å². The molecule has 152 valence electrons. The molecule has 2 aromatic heterocycles. The van der Waals surface area contributed by atoms with E-state index >= 15 is 0 Å². The van der Waals surface area contributed by atoms with Crippen molar-refractivity contribution in [3.8, 4) is 11.4 Å². The smallest absolute Gasteiger partial charge is 0.316 e. The first-order chi connectivity index (χ1) is 13.8. The van der Waals surface area contributed by atoms with Gasteiger partial charge >= 0.3 is 11.8 Å². The highest BCUT2D eigenvalue weighted by Crippen LogP contribution is 2.30. The molecular formula is C19H20N4O4S2. The summed E-state index contributed by atoms with van der Waals surface area (Å²) in [5.41, 5.74) is 2.74. The molecule has 0 atom stereocenters. The van der Waals surface area contributed by atoms with Gasteiger partial charge in [0.05, 0.1) is 5.69 Å². The van der Waals surface area contributed by atoms with E-state index in [0.29, 0.717) is 24.3 Å². The van der Waals surface area contributed by atoms with Crippen molar-refractivity contribution < 1.29 is 17.7 Å². The van der Waals surface area contributed by atoms with E-state index < -0.39 is 10.0 Å². The molecule has 1 aliphatic heterocycles. The fourth-order valence-corrected chi connectivity index (χ4v) is 5.58. The topological polar surface area (TPSA) is 105 Å². The molecule has 0 radical (unpaired) electrons. The summed E-state index contributed by atoms with van der Waals surface area (Å²) in [6.45, 7) is 5.06. The van der Waals surface area contributed by atoms with Crippen LogP contribution >= 0.6 is 11.3 Å². The van der Waals surface area contributed by atoms with E-state index in [2.05, 4.69) is 14.9 Å². The molecule has 3 heterocycles. The van der Waals surface area contributed by atoms with Gasteiger partial charge in [0.15, 0.2) is 0 Å². The van der Waals surface area contributed by atoms with Crippen LogP contribution in [0.5, 0.6) is 0 Å². The summed E-state index contributed by atoms with van der Waals surface area (Å²) in [5.74, 6) is -0.176. The van der Waals surface area contributed by atoms with Crippen LogP contribution in [-0.2, 0) is 10.0 Å². The van der Waals surface area contributed by atoms with Gasteiger partial charge in [-0.1, -0.05) is 23.4 Å². The zero-order chi connectivity index (χ0) is 20.6. The minimum absolute atomic E-state index is 0.0776. The molecule has 0 aliphatic carbocycles. The maximum atomic E-state index is 12.8. The van der Waals surface area contributed by atoms with Crippen LogP contribution < -0.4 is 4.72 Å². The fourth-order valence-electron chi connectivity index (χ4n) is 3.22. The number of hydrogen-bond acceptors (Lipinski definition) is 7. The molecular weight excluding hydrogens is 412 g/mol. The highest BCUT2D eigenvalue weighted by atomic mass is 32.2. The molecule has 8 nitrogen and oxygen atoms in total. The number of anilines is 1. The number of likely N-dealkylation sites (tertiary alicyclic amines) is 1. The monoisotopic (exact) mass is 432 g/mol. The molecule has 4 rings (SSSR count). The van der Waals surface area contributed by atoms with Crippen LogP contribution in [0.1, 0.15) is 34.7 Å². The highest BCUT2D eigenvalue weighted by molar-refractivity contribution is 7.94. The number of aromatic nitrogens is 2. The number of sulfonamides is 1. The molecule has 1 saturated heterocycles. The van der Waals surface area contributed by atoms with Gasteiger partial charge in [-0.05, 0) is 43.9 Å². The third-order valence-electron chi connectivity index (χ3n) is 4.82. The Kier molecular flexibility index (Phi) is 5.13. The summed E-state index contributed by atoms with van der Waals surface area (Å²) >= 11 is 1.06. The number of rotatable bonds is 5. The molecule has 0 unspecified atom stereocenters. The van der Waals surface area contributed by atoms with Crippen LogP contribution in [0, 0.1) is 13.8 Å². The lowest BCUT2D eigenvalue weighted by Gasteiger charge is -2.11. The highest BCUT2D eigenvalue weighted by Gasteiger charge is 2.26. The lowest BCUT2D eigenvalue weighted by molar-refractivity contribution is 0.0743. The lowest BCUT2D eigenvalue weighted by Crippen LogP contribution is -2.27. The quantitative estimate of drug-likeness (QED) is 0.662. The SMILES string of the molecule is Cc1cccc(C)c1NS(=O)(=O)c1cc(-c2noc(C(=O)N3CCCC3)n2)cs1. The van der Waals surface area contributed by atoms with Crippen molar-refractivity contribution in [2.45, 2.75) is 30.9 Å². The molecule has 0 spiro atoms. The van der Waals surface area contributed by atoms with Crippen molar-refractivity contribution in [2.24, 2.45) is 0 Å². The Morgan fingerprint density at radius 2 is 1.90 bits per heavy atom. The summed E-state index contributed by atoms with van der Waals surface area (Å²) in [7, 11) is -3.76. The first-order valence-electron chi connectivity index (χ1n) is 9.16. The van der Waals surface area contributed by atoms with Gasteiger partial charge < -0.3 is 9.42 Å². The maximum absolute atomic E-state index is 12.8. The average Bonchev–Trinajstić information content (AvgIpc) is 3.45.